The summed E-state index contributed by atoms with van der Waals surface area (Å²) in [6, 6.07) is 13.4. The lowest BCUT2D eigenvalue weighted by Crippen LogP contribution is -2.04. The van der Waals surface area contributed by atoms with Gasteiger partial charge in [-0.15, -0.1) is 0 Å². The van der Waals surface area contributed by atoms with Crippen LogP contribution in [0.5, 0.6) is 0 Å². The highest BCUT2D eigenvalue weighted by Crippen LogP contribution is 2.08. The van der Waals surface area contributed by atoms with Gasteiger partial charge in [-0.3, -0.25) is 0 Å². The van der Waals surface area contributed by atoms with E-state index in [-0.39, 0.29) is 0 Å². The Kier molecular flexibility index (Phi) is 7.18. The first kappa shape index (κ1) is 13.5. The van der Waals surface area contributed by atoms with E-state index in [1.165, 1.54) is 30.5 Å². The Hall–Kier alpha value is -0.606. The predicted molar refractivity (Wildman–Crippen MR) is 76.1 cm³/mol. The first-order valence-electron chi connectivity index (χ1n) is 6.11. The monoisotopic (exact) mass is 244 g/mol. The first-order valence-corrected chi connectivity index (χ1v) is 8.52. The fourth-order valence-electron chi connectivity index (χ4n) is 1.40. The molecular formula is C14H20Si2. The Balaban J connectivity index is 2.63. The van der Waals surface area contributed by atoms with E-state index >= 15 is 0 Å². The third-order valence-corrected chi connectivity index (χ3v) is 5.85. The molecule has 84 valence electrons. The normalized spacial score (nSPS) is 10.1. The molecule has 4 radical (unpaired) electrons. The summed E-state index contributed by atoms with van der Waals surface area (Å²) in [6.07, 6.45) is 5.02. The van der Waals surface area contributed by atoms with E-state index in [1.54, 1.807) is 4.82 Å². The summed E-state index contributed by atoms with van der Waals surface area (Å²) in [6.45, 7) is 4.55. The minimum Gasteiger partial charge on any atom is -0.0975 e. The molecule has 0 nitrogen and oxygen atoms in total. The van der Waals surface area contributed by atoms with Crippen molar-refractivity contribution in [2.24, 2.45) is 0 Å². The van der Waals surface area contributed by atoms with Crippen LogP contribution in [0.25, 0.3) is 6.08 Å². The lowest BCUT2D eigenvalue weighted by molar-refractivity contribution is 1.07. The van der Waals surface area contributed by atoms with Gasteiger partial charge in [0, 0.05) is 0 Å². The molecule has 0 aromatic heterocycles. The van der Waals surface area contributed by atoms with Crippen LogP contribution in [-0.2, 0) is 0 Å². The third-order valence-electron chi connectivity index (χ3n) is 2.24. The summed E-state index contributed by atoms with van der Waals surface area (Å²) in [4.78, 5) is 1.68. The van der Waals surface area contributed by atoms with E-state index in [4.69, 9.17) is 0 Å². The third kappa shape index (κ3) is 5.47. The predicted octanol–water partition coefficient (Wildman–Crippen LogP) is 4.05. The second kappa shape index (κ2) is 8.53. The second-order valence-corrected chi connectivity index (χ2v) is 7.11. The number of hydrogen-bond acceptors (Lipinski definition) is 0. The van der Waals surface area contributed by atoms with Crippen LogP contribution in [0, 0.1) is 0 Å². The summed E-state index contributed by atoms with van der Waals surface area (Å²) in [5.74, 6) is 0. The highest BCUT2D eigenvalue weighted by Gasteiger charge is 1.99. The van der Waals surface area contributed by atoms with Crippen LogP contribution >= 0.6 is 0 Å². The maximum Gasteiger partial charge on any atom is 0.0688 e. The summed E-state index contributed by atoms with van der Waals surface area (Å²) in [5.41, 5.74) is 1.37. The Morgan fingerprint density at radius 2 is 1.56 bits per heavy atom. The largest absolute Gasteiger partial charge is 0.0975 e. The fraction of sp³-hybridized carbons (Fsp3) is 0.429. The van der Waals surface area contributed by atoms with Crippen molar-refractivity contribution in [1.82, 2.24) is 0 Å². The average Bonchev–Trinajstić information content (AvgIpc) is 2.34. The van der Waals surface area contributed by atoms with Gasteiger partial charge < -0.3 is 0 Å². The molecule has 1 aromatic carbocycles. The summed E-state index contributed by atoms with van der Waals surface area (Å²) < 4.78 is 0. The molecule has 2 heteroatoms. The molecule has 0 saturated carbocycles. The van der Waals surface area contributed by atoms with Crippen molar-refractivity contribution in [3.05, 3.63) is 40.7 Å². The number of rotatable bonds is 7. The molecule has 0 N–H and O–H groups in total. The van der Waals surface area contributed by atoms with Gasteiger partial charge in [-0.05, 0) is 5.56 Å². The molecule has 1 aromatic rings. The summed E-state index contributed by atoms with van der Waals surface area (Å²) in [5, 5.41) is 0. The average molecular weight is 244 g/mol. The van der Waals surface area contributed by atoms with Crippen LogP contribution < -0.4 is 0 Å². The van der Waals surface area contributed by atoms with Crippen molar-refractivity contribution >= 4 is 25.1 Å². The molecule has 0 atom stereocenters. The number of hydrogen-bond donors (Lipinski definition) is 0. The molecule has 1 rings (SSSR count). The molecular weight excluding hydrogens is 224 g/mol. The van der Waals surface area contributed by atoms with Crippen molar-refractivity contribution in [2.45, 2.75) is 38.8 Å². The van der Waals surface area contributed by atoms with Gasteiger partial charge in [0.15, 0.2) is 0 Å². The van der Waals surface area contributed by atoms with E-state index in [1.807, 2.05) is 0 Å². The van der Waals surface area contributed by atoms with Gasteiger partial charge in [0.25, 0.3) is 0 Å². The number of benzene rings is 1. The van der Waals surface area contributed by atoms with Gasteiger partial charge in [0.1, 0.15) is 0 Å². The zero-order chi connectivity index (χ0) is 11.6. The van der Waals surface area contributed by atoms with Gasteiger partial charge >= 0.3 is 0 Å². The molecule has 0 saturated heterocycles. The van der Waals surface area contributed by atoms with Crippen molar-refractivity contribution in [2.75, 3.05) is 0 Å². The van der Waals surface area contributed by atoms with Gasteiger partial charge in [0.05, 0.1) is 19.0 Å². The Bertz CT molecular complexity index is 294. The lowest BCUT2D eigenvalue weighted by Gasteiger charge is -2.04. The Morgan fingerprint density at radius 1 is 1.00 bits per heavy atom. The van der Waals surface area contributed by atoms with E-state index in [0.717, 1.165) is 19.0 Å². The van der Waals surface area contributed by atoms with Gasteiger partial charge in [-0.25, -0.2) is 0 Å². The first-order chi connectivity index (χ1) is 7.86. The molecule has 0 aliphatic heterocycles. The Labute approximate surface area is 105 Å². The summed E-state index contributed by atoms with van der Waals surface area (Å²) in [7, 11) is 2.06. The lowest BCUT2D eigenvalue weighted by atomic mass is 10.2. The molecule has 0 unspecified atom stereocenters. The standard InChI is InChI=1S/C14H20Si2/c1-3-10-15-14(16-11-4-2)12-13-8-6-5-7-9-13/h5-9,12H,3-4,10-11H2,1-2H3. The molecule has 0 bridgehead atoms. The van der Waals surface area contributed by atoms with Crippen molar-refractivity contribution in [3.63, 3.8) is 0 Å². The summed E-state index contributed by atoms with van der Waals surface area (Å²) >= 11 is 0. The minimum atomic E-state index is 1.03. The molecule has 0 aliphatic carbocycles. The molecule has 0 fully saturated rings. The van der Waals surface area contributed by atoms with Crippen molar-refractivity contribution in [3.8, 4) is 0 Å². The van der Waals surface area contributed by atoms with Crippen LogP contribution in [0.3, 0.4) is 0 Å². The fourth-order valence-corrected chi connectivity index (χ4v) is 4.23. The van der Waals surface area contributed by atoms with Crippen LogP contribution in [0.1, 0.15) is 32.3 Å². The smallest absolute Gasteiger partial charge is 0.0688 e. The van der Waals surface area contributed by atoms with Crippen molar-refractivity contribution in [1.29, 1.82) is 0 Å². The maximum atomic E-state index is 2.40. The zero-order valence-electron chi connectivity index (χ0n) is 10.3. The minimum absolute atomic E-state index is 1.03. The van der Waals surface area contributed by atoms with Gasteiger partial charge in [-0.1, -0.05) is 80.0 Å². The quantitative estimate of drug-likeness (QED) is 0.635. The second-order valence-electron chi connectivity index (χ2n) is 3.82. The molecule has 0 spiro atoms. The molecule has 16 heavy (non-hydrogen) atoms. The SMILES string of the molecule is CCC[Si]C(=Cc1ccccc1)[Si]CCC. The van der Waals surface area contributed by atoms with Gasteiger partial charge in [-0.2, -0.15) is 0 Å². The highest BCUT2D eigenvalue weighted by atomic mass is 28.3. The van der Waals surface area contributed by atoms with Crippen LogP contribution in [0.2, 0.25) is 12.1 Å². The van der Waals surface area contributed by atoms with E-state index in [0.29, 0.717) is 0 Å². The van der Waals surface area contributed by atoms with Crippen LogP contribution in [-0.4, -0.2) is 19.0 Å². The Morgan fingerprint density at radius 3 is 2.06 bits per heavy atom. The van der Waals surface area contributed by atoms with E-state index in [2.05, 4.69) is 50.3 Å². The van der Waals surface area contributed by atoms with Crippen molar-refractivity contribution < 1.29 is 0 Å². The maximum absolute atomic E-state index is 2.40. The van der Waals surface area contributed by atoms with Gasteiger partial charge in [0.2, 0.25) is 0 Å². The molecule has 0 heterocycles. The van der Waals surface area contributed by atoms with Crippen LogP contribution in [0.4, 0.5) is 0 Å². The molecule has 0 amide bonds. The van der Waals surface area contributed by atoms with E-state index < -0.39 is 0 Å². The van der Waals surface area contributed by atoms with E-state index in [9.17, 15) is 0 Å². The zero-order valence-corrected chi connectivity index (χ0v) is 12.3. The molecule has 0 aliphatic rings. The topological polar surface area (TPSA) is 0 Å². The highest BCUT2D eigenvalue weighted by molar-refractivity contribution is 6.70. The van der Waals surface area contributed by atoms with Crippen LogP contribution in [0.15, 0.2) is 35.2 Å².